The first kappa shape index (κ1) is 15.5. The Morgan fingerprint density at radius 2 is 1.59 bits per heavy atom. The summed E-state index contributed by atoms with van der Waals surface area (Å²) < 4.78 is 2.07. The van der Waals surface area contributed by atoms with Gasteiger partial charge >= 0.3 is 0 Å². The number of benzene rings is 2. The summed E-state index contributed by atoms with van der Waals surface area (Å²) in [4.78, 5) is 9.00. The van der Waals surface area contributed by atoms with Crippen molar-refractivity contribution in [3.05, 3.63) is 71.9 Å². The molecular weight excluding hydrogens is 276 g/mol. The molecule has 0 radical (unpaired) electrons. The van der Waals surface area contributed by atoms with Crippen LogP contribution in [0.15, 0.2) is 60.8 Å². The van der Waals surface area contributed by atoms with Gasteiger partial charge < -0.3 is 9.67 Å². The number of hydrogen-bond donors (Lipinski definition) is 2. The van der Waals surface area contributed by atoms with E-state index in [0.717, 1.165) is 29.0 Å². The number of nitrogens with one attached hydrogen (secondary N) is 1. The van der Waals surface area contributed by atoms with Crippen LogP contribution in [0.2, 0.25) is 0 Å². The molecule has 1 heterocycles. The number of carboxylic acids is 1. The van der Waals surface area contributed by atoms with E-state index in [4.69, 9.17) is 15.3 Å². The van der Waals surface area contributed by atoms with Crippen molar-refractivity contribution < 1.29 is 9.90 Å². The van der Waals surface area contributed by atoms with Gasteiger partial charge in [-0.25, -0.2) is 0 Å². The van der Waals surface area contributed by atoms with Gasteiger partial charge in [0.25, 0.3) is 5.97 Å². The number of fused-ring (bicyclic) bond motifs is 1. The fourth-order valence-electron chi connectivity index (χ4n) is 2.30. The van der Waals surface area contributed by atoms with Gasteiger partial charge in [0, 0.05) is 42.2 Å². The van der Waals surface area contributed by atoms with E-state index >= 15 is 0 Å². The second-order valence-corrected chi connectivity index (χ2v) is 4.93. The molecule has 0 amide bonds. The molecule has 0 saturated heterocycles. The van der Waals surface area contributed by atoms with E-state index in [2.05, 4.69) is 16.7 Å². The van der Waals surface area contributed by atoms with Gasteiger partial charge in [0.2, 0.25) is 0 Å². The molecule has 112 valence electrons. The van der Waals surface area contributed by atoms with Gasteiger partial charge in [-0.2, -0.15) is 0 Å². The fourth-order valence-corrected chi connectivity index (χ4v) is 2.30. The van der Waals surface area contributed by atoms with Crippen molar-refractivity contribution in [2.75, 3.05) is 0 Å². The lowest BCUT2D eigenvalue weighted by Gasteiger charge is -2.02. The summed E-state index contributed by atoms with van der Waals surface area (Å²) in [5, 5.41) is 16.9. The maximum absolute atomic E-state index is 9.00. The molecule has 22 heavy (non-hydrogen) atoms. The summed E-state index contributed by atoms with van der Waals surface area (Å²) in [6.07, 6.45) is 2.03. The highest BCUT2D eigenvalue weighted by atomic mass is 16.4. The van der Waals surface area contributed by atoms with Gasteiger partial charge in [-0.3, -0.25) is 10.2 Å². The molecule has 4 nitrogen and oxygen atoms in total. The van der Waals surface area contributed by atoms with Gasteiger partial charge in [-0.1, -0.05) is 48.5 Å². The number of aryl methyl sites for hydroxylation is 1. The summed E-state index contributed by atoms with van der Waals surface area (Å²) in [6, 6.07) is 18.1. The highest BCUT2D eigenvalue weighted by molar-refractivity contribution is 6.17. The van der Waals surface area contributed by atoms with Crippen LogP contribution in [0.4, 0.5) is 0 Å². The van der Waals surface area contributed by atoms with E-state index in [1.165, 1.54) is 0 Å². The summed E-state index contributed by atoms with van der Waals surface area (Å²) in [6.45, 7) is 1.08. The number of aromatic nitrogens is 1. The van der Waals surface area contributed by atoms with E-state index in [9.17, 15) is 0 Å². The molecule has 1 aromatic heterocycles. The Morgan fingerprint density at radius 3 is 2.23 bits per heavy atom. The SMILES string of the molecule is CC(=O)O.Cn1cc(C(=N)c2ccccc2)c2ccccc21. The first-order chi connectivity index (χ1) is 10.5. The maximum atomic E-state index is 9.00. The molecule has 0 fully saturated rings. The highest BCUT2D eigenvalue weighted by Crippen LogP contribution is 2.22. The summed E-state index contributed by atoms with van der Waals surface area (Å²) >= 11 is 0. The summed E-state index contributed by atoms with van der Waals surface area (Å²) in [5.74, 6) is -0.833. The first-order valence-corrected chi connectivity index (χ1v) is 6.88. The Morgan fingerprint density at radius 1 is 1.05 bits per heavy atom. The molecule has 0 aliphatic rings. The summed E-state index contributed by atoms with van der Waals surface area (Å²) in [5.41, 5.74) is 3.67. The Bertz CT molecular complexity index is 800. The van der Waals surface area contributed by atoms with Gasteiger partial charge in [0.05, 0.1) is 5.71 Å². The zero-order valence-corrected chi connectivity index (χ0v) is 12.6. The third-order valence-corrected chi connectivity index (χ3v) is 3.23. The number of carboxylic acid groups (broad SMARTS) is 1. The van der Waals surface area contributed by atoms with Gasteiger partial charge in [-0.15, -0.1) is 0 Å². The van der Waals surface area contributed by atoms with Gasteiger partial charge in [0.15, 0.2) is 0 Å². The highest BCUT2D eigenvalue weighted by Gasteiger charge is 2.11. The monoisotopic (exact) mass is 294 g/mol. The molecule has 3 rings (SSSR count). The number of para-hydroxylation sites is 1. The van der Waals surface area contributed by atoms with E-state index in [-0.39, 0.29) is 0 Å². The second-order valence-electron chi connectivity index (χ2n) is 4.93. The normalized spacial score (nSPS) is 9.91. The lowest BCUT2D eigenvalue weighted by Crippen LogP contribution is -1.99. The van der Waals surface area contributed by atoms with Crippen LogP contribution in [0.1, 0.15) is 18.1 Å². The molecule has 2 aromatic carbocycles. The standard InChI is InChI=1S/C16H14N2.C2H4O2/c1-18-11-14(13-9-5-6-10-15(13)18)16(17)12-7-3-2-4-8-12;1-2(3)4/h2-11,17H,1H3;1H3,(H,3,4). The Kier molecular flexibility index (Phi) is 4.73. The average Bonchev–Trinajstić information content (AvgIpc) is 2.85. The molecule has 0 bridgehead atoms. The number of rotatable bonds is 2. The molecule has 2 N–H and O–H groups in total. The van der Waals surface area contributed by atoms with Crippen LogP contribution >= 0.6 is 0 Å². The van der Waals surface area contributed by atoms with Crippen LogP contribution in [0, 0.1) is 5.41 Å². The first-order valence-electron chi connectivity index (χ1n) is 6.88. The molecule has 0 aliphatic carbocycles. The maximum Gasteiger partial charge on any atom is 0.300 e. The van der Waals surface area contributed by atoms with E-state index in [0.29, 0.717) is 5.71 Å². The fraction of sp³-hybridized carbons (Fsp3) is 0.111. The minimum Gasteiger partial charge on any atom is -0.481 e. The third-order valence-electron chi connectivity index (χ3n) is 3.23. The molecular formula is C18H18N2O2. The minimum absolute atomic E-state index is 0.576. The molecule has 0 unspecified atom stereocenters. The Labute approximate surface area is 129 Å². The van der Waals surface area contributed by atoms with Crippen molar-refractivity contribution in [3.63, 3.8) is 0 Å². The predicted molar refractivity (Wildman–Crippen MR) is 88.6 cm³/mol. The summed E-state index contributed by atoms with van der Waals surface area (Å²) in [7, 11) is 2.02. The molecule has 0 aliphatic heterocycles. The Balaban J connectivity index is 0.000000396. The van der Waals surface area contributed by atoms with E-state index in [1.807, 2.05) is 55.7 Å². The number of carbonyl (C=O) groups is 1. The molecule has 3 aromatic rings. The van der Waals surface area contributed by atoms with Crippen molar-refractivity contribution in [1.82, 2.24) is 4.57 Å². The number of nitrogens with zero attached hydrogens (tertiary/aromatic N) is 1. The largest absolute Gasteiger partial charge is 0.481 e. The molecule has 4 heteroatoms. The quantitative estimate of drug-likeness (QED) is 0.708. The lowest BCUT2D eigenvalue weighted by molar-refractivity contribution is -0.134. The molecule has 0 spiro atoms. The van der Waals surface area contributed by atoms with Crippen molar-refractivity contribution in [3.8, 4) is 0 Å². The number of aliphatic carboxylic acids is 1. The molecule has 0 saturated carbocycles. The minimum atomic E-state index is -0.833. The average molecular weight is 294 g/mol. The van der Waals surface area contributed by atoms with Crippen molar-refractivity contribution in [2.45, 2.75) is 6.92 Å². The predicted octanol–water partition coefficient (Wildman–Crippen LogP) is 3.69. The van der Waals surface area contributed by atoms with Crippen LogP contribution in [0.3, 0.4) is 0 Å². The Hall–Kier alpha value is -2.88. The topological polar surface area (TPSA) is 66.1 Å². The van der Waals surface area contributed by atoms with Gasteiger partial charge in [-0.05, 0) is 6.07 Å². The van der Waals surface area contributed by atoms with Crippen LogP contribution < -0.4 is 0 Å². The second kappa shape index (κ2) is 6.72. The van der Waals surface area contributed by atoms with Crippen LogP contribution in [-0.4, -0.2) is 21.4 Å². The van der Waals surface area contributed by atoms with Crippen LogP contribution in [-0.2, 0) is 11.8 Å². The number of hydrogen-bond acceptors (Lipinski definition) is 2. The van der Waals surface area contributed by atoms with Crippen LogP contribution in [0.25, 0.3) is 10.9 Å². The zero-order chi connectivity index (χ0) is 16.1. The van der Waals surface area contributed by atoms with Crippen molar-refractivity contribution in [2.24, 2.45) is 7.05 Å². The van der Waals surface area contributed by atoms with Crippen molar-refractivity contribution >= 4 is 22.6 Å². The molecule has 0 atom stereocenters. The zero-order valence-electron chi connectivity index (χ0n) is 12.6. The van der Waals surface area contributed by atoms with E-state index in [1.54, 1.807) is 0 Å². The third kappa shape index (κ3) is 3.41. The smallest absolute Gasteiger partial charge is 0.300 e. The lowest BCUT2D eigenvalue weighted by atomic mass is 10.0. The van der Waals surface area contributed by atoms with Crippen molar-refractivity contribution in [1.29, 1.82) is 5.41 Å². The van der Waals surface area contributed by atoms with Gasteiger partial charge in [0.1, 0.15) is 0 Å². The van der Waals surface area contributed by atoms with Crippen LogP contribution in [0.5, 0.6) is 0 Å². The van der Waals surface area contributed by atoms with E-state index < -0.39 is 5.97 Å².